The van der Waals surface area contributed by atoms with Crippen LogP contribution in [0.25, 0.3) is 0 Å². The van der Waals surface area contributed by atoms with Gasteiger partial charge in [0, 0.05) is 6.16 Å². The summed E-state index contributed by atoms with van der Waals surface area (Å²) < 4.78 is 21.0. The molecule has 0 aliphatic heterocycles. The molecule has 0 aromatic carbocycles. The third kappa shape index (κ3) is 9.32. The van der Waals surface area contributed by atoms with Crippen molar-refractivity contribution < 1.29 is 28.1 Å². The minimum Gasteiger partial charge on any atom is -0.467 e. The van der Waals surface area contributed by atoms with Gasteiger partial charge in [0.05, 0.1) is 20.3 Å². The highest BCUT2D eigenvalue weighted by molar-refractivity contribution is 7.47. The number of carbonyl (C=O) groups is 2. The van der Waals surface area contributed by atoms with E-state index in [-0.39, 0.29) is 6.61 Å². The maximum absolute atomic E-state index is 12.0. The van der Waals surface area contributed by atoms with Crippen LogP contribution in [0.4, 0.5) is 4.79 Å². The predicted octanol–water partition coefficient (Wildman–Crippen LogP) is 3.70. The van der Waals surface area contributed by atoms with Gasteiger partial charge >= 0.3 is 12.1 Å². The molecule has 8 heteroatoms. The van der Waals surface area contributed by atoms with Crippen molar-refractivity contribution in [1.29, 1.82) is 0 Å². The van der Waals surface area contributed by atoms with Crippen LogP contribution >= 0.6 is 8.38 Å². The summed E-state index contributed by atoms with van der Waals surface area (Å²) >= 11 is 0. The monoisotopic (exact) mass is 387 g/mol. The van der Waals surface area contributed by atoms with E-state index in [0.717, 1.165) is 18.4 Å². The highest BCUT2D eigenvalue weighted by atomic mass is 31.2. The zero-order valence-electron chi connectivity index (χ0n) is 15.9. The van der Waals surface area contributed by atoms with E-state index in [0.29, 0.717) is 32.2 Å². The van der Waals surface area contributed by atoms with Crippen molar-refractivity contribution in [2.45, 2.75) is 45.6 Å². The van der Waals surface area contributed by atoms with Crippen LogP contribution < -0.4 is 5.32 Å². The molecule has 0 aromatic rings. The van der Waals surface area contributed by atoms with E-state index in [1.54, 1.807) is 0 Å². The molecular weight excluding hydrogens is 357 g/mol. The Bertz CT molecular complexity index is 488. The number of ether oxygens (including phenoxy) is 2. The molecule has 1 N–H and O–H groups in total. The topological polar surface area (TPSA) is 83.1 Å². The first kappa shape index (κ1) is 22.6. The van der Waals surface area contributed by atoms with Crippen LogP contribution in [0.1, 0.15) is 39.5 Å². The molecule has 1 aliphatic carbocycles. The Labute approximate surface area is 157 Å². The van der Waals surface area contributed by atoms with E-state index in [1.807, 2.05) is 32.1 Å². The summed E-state index contributed by atoms with van der Waals surface area (Å²) in [5.41, 5.74) is 0.958. The molecule has 1 atom stereocenters. The van der Waals surface area contributed by atoms with Crippen molar-refractivity contribution in [2.75, 3.05) is 33.1 Å². The SMILES string of the molecule is CCOP(CCCC(NC(=O)OCC1=CCCC=C1)C(=O)OC)OCC. The first-order chi connectivity index (χ1) is 12.6. The third-order valence-corrected chi connectivity index (χ3v) is 5.37. The van der Waals surface area contributed by atoms with Gasteiger partial charge < -0.3 is 23.8 Å². The molecular formula is C18H30NO6P. The summed E-state index contributed by atoms with van der Waals surface area (Å²) in [6.45, 7) is 5.19. The van der Waals surface area contributed by atoms with Crippen molar-refractivity contribution in [3.8, 4) is 0 Å². The van der Waals surface area contributed by atoms with Crippen LogP contribution in [0, 0.1) is 0 Å². The van der Waals surface area contributed by atoms with E-state index in [1.165, 1.54) is 7.11 Å². The van der Waals surface area contributed by atoms with E-state index < -0.39 is 26.5 Å². The van der Waals surface area contributed by atoms with Crippen molar-refractivity contribution in [3.05, 3.63) is 23.8 Å². The molecule has 0 fully saturated rings. The Kier molecular flexibility index (Phi) is 11.9. The second-order valence-electron chi connectivity index (χ2n) is 5.59. The lowest BCUT2D eigenvalue weighted by Gasteiger charge is -2.19. The van der Waals surface area contributed by atoms with Gasteiger partial charge in [-0.2, -0.15) is 0 Å². The Morgan fingerprint density at radius 2 is 1.96 bits per heavy atom. The lowest BCUT2D eigenvalue weighted by molar-refractivity contribution is -0.143. The van der Waals surface area contributed by atoms with E-state index in [2.05, 4.69) is 5.32 Å². The molecule has 0 saturated carbocycles. The fraction of sp³-hybridized carbons (Fsp3) is 0.667. The number of amides is 1. The van der Waals surface area contributed by atoms with Crippen LogP contribution in [0.2, 0.25) is 0 Å². The van der Waals surface area contributed by atoms with Crippen molar-refractivity contribution in [1.82, 2.24) is 5.32 Å². The van der Waals surface area contributed by atoms with Gasteiger partial charge in [0.15, 0.2) is 8.38 Å². The Balaban J connectivity index is 2.42. The molecule has 1 aliphatic rings. The van der Waals surface area contributed by atoms with Gasteiger partial charge in [0.25, 0.3) is 0 Å². The number of allylic oxidation sites excluding steroid dienone is 2. The highest BCUT2D eigenvalue weighted by Gasteiger charge is 2.23. The summed E-state index contributed by atoms with van der Waals surface area (Å²) in [6.07, 6.45) is 9.14. The Morgan fingerprint density at radius 1 is 1.23 bits per heavy atom. The minimum atomic E-state index is -0.962. The third-order valence-electron chi connectivity index (χ3n) is 3.60. The predicted molar refractivity (Wildman–Crippen MR) is 101 cm³/mol. The van der Waals surface area contributed by atoms with E-state index >= 15 is 0 Å². The summed E-state index contributed by atoms with van der Waals surface area (Å²) in [5.74, 6) is -0.490. The number of methoxy groups -OCH3 is 1. The first-order valence-electron chi connectivity index (χ1n) is 9.00. The second-order valence-corrected chi connectivity index (χ2v) is 7.22. The zero-order valence-corrected chi connectivity index (χ0v) is 16.8. The Hall–Kier alpha value is -1.43. The zero-order chi connectivity index (χ0) is 19.2. The van der Waals surface area contributed by atoms with Gasteiger partial charge in [-0.25, -0.2) is 9.59 Å². The number of nitrogens with one attached hydrogen (secondary N) is 1. The molecule has 0 saturated heterocycles. The molecule has 7 nitrogen and oxygen atoms in total. The molecule has 1 unspecified atom stereocenters. The average Bonchev–Trinajstić information content (AvgIpc) is 2.66. The van der Waals surface area contributed by atoms with Gasteiger partial charge in [-0.05, 0) is 45.1 Å². The van der Waals surface area contributed by atoms with Crippen LogP contribution in [-0.4, -0.2) is 51.2 Å². The second kappa shape index (κ2) is 13.7. The van der Waals surface area contributed by atoms with Crippen LogP contribution in [0.5, 0.6) is 0 Å². The molecule has 0 radical (unpaired) electrons. The van der Waals surface area contributed by atoms with Gasteiger partial charge in [-0.1, -0.05) is 18.2 Å². The molecule has 1 amide bonds. The van der Waals surface area contributed by atoms with Crippen LogP contribution in [0.3, 0.4) is 0 Å². The lowest BCUT2D eigenvalue weighted by atomic mass is 10.1. The molecule has 148 valence electrons. The highest BCUT2D eigenvalue weighted by Crippen LogP contribution is 2.38. The Morgan fingerprint density at radius 3 is 2.54 bits per heavy atom. The van der Waals surface area contributed by atoms with Gasteiger partial charge in [0.1, 0.15) is 12.6 Å². The number of carbonyl (C=O) groups excluding carboxylic acids is 2. The number of hydrogen-bond donors (Lipinski definition) is 1. The standard InChI is InChI=1S/C18H30NO6P/c1-4-24-26(25-5-2)13-9-12-16(17(20)22-3)19-18(21)23-14-15-10-7-6-8-11-15/h7,10-11,16H,4-6,8-9,12-14H2,1-3H3,(H,19,21). The maximum atomic E-state index is 12.0. The normalized spacial score (nSPS) is 14.7. The molecule has 1 rings (SSSR count). The van der Waals surface area contributed by atoms with Crippen molar-refractivity contribution >= 4 is 20.4 Å². The molecule has 0 heterocycles. The van der Waals surface area contributed by atoms with Crippen molar-refractivity contribution in [3.63, 3.8) is 0 Å². The van der Waals surface area contributed by atoms with Gasteiger partial charge in [-0.3, -0.25) is 0 Å². The van der Waals surface area contributed by atoms with E-state index in [4.69, 9.17) is 18.5 Å². The maximum Gasteiger partial charge on any atom is 0.408 e. The summed E-state index contributed by atoms with van der Waals surface area (Å²) in [4.78, 5) is 23.9. The summed E-state index contributed by atoms with van der Waals surface area (Å²) in [6, 6.07) is -0.747. The number of rotatable bonds is 12. The summed E-state index contributed by atoms with van der Waals surface area (Å²) in [7, 11) is 0.337. The number of esters is 1. The fourth-order valence-electron chi connectivity index (χ4n) is 2.38. The van der Waals surface area contributed by atoms with Crippen LogP contribution in [0.15, 0.2) is 23.8 Å². The number of hydrogen-bond acceptors (Lipinski definition) is 6. The van der Waals surface area contributed by atoms with Crippen LogP contribution in [-0.2, 0) is 23.3 Å². The first-order valence-corrected chi connectivity index (χ1v) is 10.4. The van der Waals surface area contributed by atoms with E-state index in [9.17, 15) is 9.59 Å². The largest absolute Gasteiger partial charge is 0.467 e. The van der Waals surface area contributed by atoms with Gasteiger partial charge in [0.2, 0.25) is 0 Å². The van der Waals surface area contributed by atoms with Gasteiger partial charge in [-0.15, -0.1) is 0 Å². The molecule has 26 heavy (non-hydrogen) atoms. The minimum absolute atomic E-state index is 0.191. The molecule has 0 spiro atoms. The lowest BCUT2D eigenvalue weighted by Crippen LogP contribution is -2.42. The average molecular weight is 387 g/mol. The number of alkyl carbamates (subject to hydrolysis) is 1. The fourth-order valence-corrected chi connectivity index (χ4v) is 3.73. The quantitative estimate of drug-likeness (QED) is 0.406. The van der Waals surface area contributed by atoms with Crippen molar-refractivity contribution in [2.24, 2.45) is 0 Å². The smallest absolute Gasteiger partial charge is 0.408 e. The molecule has 0 aromatic heterocycles. The molecule has 0 bridgehead atoms. The summed E-state index contributed by atoms with van der Waals surface area (Å²) in [5, 5.41) is 2.58.